The van der Waals surface area contributed by atoms with Gasteiger partial charge in [0.05, 0.1) is 5.56 Å². The summed E-state index contributed by atoms with van der Waals surface area (Å²) in [5, 5.41) is 4.83. The average molecular weight is 325 g/mol. The number of benzene rings is 2. The number of hydrogen-bond acceptors (Lipinski definition) is 2. The first kappa shape index (κ1) is 15.4. The highest BCUT2D eigenvalue weighted by Gasteiger charge is 2.13. The Kier molecular flexibility index (Phi) is 4.26. The van der Waals surface area contributed by atoms with E-state index in [1.165, 1.54) is 17.4 Å². The molecule has 2 nitrogen and oxygen atoms in total. The highest BCUT2D eigenvalue weighted by atomic mass is 32.1. The van der Waals surface area contributed by atoms with E-state index in [0.717, 1.165) is 16.0 Å². The van der Waals surface area contributed by atoms with Crippen molar-refractivity contribution < 1.29 is 9.18 Å². The van der Waals surface area contributed by atoms with E-state index in [2.05, 4.69) is 5.32 Å². The van der Waals surface area contributed by atoms with Gasteiger partial charge in [-0.3, -0.25) is 4.79 Å². The second-order valence-electron chi connectivity index (χ2n) is 5.35. The first-order valence-corrected chi connectivity index (χ1v) is 8.15. The maximum atomic E-state index is 13.8. The van der Waals surface area contributed by atoms with E-state index >= 15 is 0 Å². The molecule has 3 rings (SSSR count). The highest BCUT2D eigenvalue weighted by molar-refractivity contribution is 7.10. The van der Waals surface area contributed by atoms with E-state index in [1.54, 1.807) is 13.0 Å². The predicted molar refractivity (Wildman–Crippen MR) is 93.6 cm³/mol. The van der Waals surface area contributed by atoms with E-state index in [4.69, 9.17) is 0 Å². The summed E-state index contributed by atoms with van der Waals surface area (Å²) < 4.78 is 13.8. The average Bonchev–Trinajstić information content (AvgIpc) is 2.97. The van der Waals surface area contributed by atoms with E-state index in [9.17, 15) is 9.18 Å². The van der Waals surface area contributed by atoms with Crippen LogP contribution in [0.3, 0.4) is 0 Å². The Bertz CT molecular complexity index is 869. The Morgan fingerprint density at radius 2 is 1.87 bits per heavy atom. The van der Waals surface area contributed by atoms with Gasteiger partial charge in [-0.2, -0.15) is 0 Å². The standard InChI is InChI=1S/C19H16FNOS/c1-12-7-8-14(11-17(12)20)16-5-3-4-6-18(16)21-19(22)15-9-10-23-13(15)2/h3-11H,1-2H3,(H,21,22). The molecule has 1 aromatic heterocycles. The quantitative estimate of drug-likeness (QED) is 0.684. The SMILES string of the molecule is Cc1ccc(-c2ccccc2NC(=O)c2ccsc2C)cc1F. The van der Waals surface area contributed by atoms with Crippen molar-refractivity contribution in [2.45, 2.75) is 13.8 Å². The summed E-state index contributed by atoms with van der Waals surface area (Å²) >= 11 is 1.54. The van der Waals surface area contributed by atoms with Gasteiger partial charge in [0.1, 0.15) is 5.82 Å². The molecule has 0 radical (unpaired) electrons. The number of hydrogen-bond donors (Lipinski definition) is 1. The lowest BCUT2D eigenvalue weighted by Gasteiger charge is -2.12. The van der Waals surface area contributed by atoms with Crippen LogP contribution < -0.4 is 5.32 Å². The molecule has 0 fully saturated rings. The van der Waals surface area contributed by atoms with Crippen LogP contribution in [0.4, 0.5) is 10.1 Å². The normalized spacial score (nSPS) is 10.6. The zero-order valence-electron chi connectivity index (χ0n) is 12.9. The van der Waals surface area contributed by atoms with Gasteiger partial charge in [0.15, 0.2) is 0 Å². The Labute approximate surface area is 138 Å². The zero-order valence-corrected chi connectivity index (χ0v) is 13.7. The van der Waals surface area contributed by atoms with Crippen molar-refractivity contribution in [1.29, 1.82) is 0 Å². The molecule has 3 aromatic rings. The first-order valence-electron chi connectivity index (χ1n) is 7.27. The van der Waals surface area contributed by atoms with E-state index in [1.807, 2.05) is 48.7 Å². The minimum atomic E-state index is -0.252. The van der Waals surface area contributed by atoms with Crippen molar-refractivity contribution in [3.8, 4) is 11.1 Å². The summed E-state index contributed by atoms with van der Waals surface area (Å²) in [4.78, 5) is 13.4. The lowest BCUT2D eigenvalue weighted by molar-refractivity contribution is 0.102. The molecule has 4 heteroatoms. The number of nitrogens with one attached hydrogen (secondary N) is 1. The molecule has 0 bridgehead atoms. The van der Waals surface area contributed by atoms with Crippen LogP contribution >= 0.6 is 11.3 Å². The first-order chi connectivity index (χ1) is 11.1. The number of carbonyl (C=O) groups excluding carboxylic acids is 1. The van der Waals surface area contributed by atoms with Gasteiger partial charge in [-0.05, 0) is 48.6 Å². The molecule has 0 spiro atoms. The van der Waals surface area contributed by atoms with Crippen molar-refractivity contribution in [3.63, 3.8) is 0 Å². The number of thiophene rings is 1. The van der Waals surface area contributed by atoms with Crippen LogP contribution in [0.1, 0.15) is 20.8 Å². The van der Waals surface area contributed by atoms with E-state index in [0.29, 0.717) is 16.8 Å². The number of anilines is 1. The molecule has 0 aliphatic heterocycles. The van der Waals surface area contributed by atoms with Crippen molar-refractivity contribution in [3.05, 3.63) is 75.7 Å². The van der Waals surface area contributed by atoms with Gasteiger partial charge >= 0.3 is 0 Å². The Balaban J connectivity index is 1.96. The molecular formula is C19H16FNOS. The van der Waals surface area contributed by atoms with Crippen molar-refractivity contribution >= 4 is 22.9 Å². The van der Waals surface area contributed by atoms with Crippen molar-refractivity contribution in [1.82, 2.24) is 0 Å². The van der Waals surface area contributed by atoms with Gasteiger partial charge in [-0.15, -0.1) is 11.3 Å². The molecule has 1 heterocycles. The van der Waals surface area contributed by atoms with Gasteiger partial charge in [0, 0.05) is 16.1 Å². The highest BCUT2D eigenvalue weighted by Crippen LogP contribution is 2.29. The third kappa shape index (κ3) is 3.17. The summed E-state index contributed by atoms with van der Waals surface area (Å²) in [7, 11) is 0. The maximum Gasteiger partial charge on any atom is 0.256 e. The second-order valence-corrected chi connectivity index (χ2v) is 6.47. The fourth-order valence-corrected chi connectivity index (χ4v) is 3.11. The Morgan fingerprint density at radius 1 is 1.09 bits per heavy atom. The van der Waals surface area contributed by atoms with Gasteiger partial charge in [-0.1, -0.05) is 30.3 Å². The summed E-state index contributed by atoms with van der Waals surface area (Å²) in [6, 6.07) is 14.3. The molecule has 1 amide bonds. The number of aryl methyl sites for hydroxylation is 2. The van der Waals surface area contributed by atoms with Crippen LogP contribution in [0, 0.1) is 19.7 Å². The molecular weight excluding hydrogens is 309 g/mol. The fraction of sp³-hybridized carbons (Fsp3) is 0.105. The van der Waals surface area contributed by atoms with E-state index < -0.39 is 0 Å². The fourth-order valence-electron chi connectivity index (χ4n) is 2.41. The largest absolute Gasteiger partial charge is 0.321 e. The van der Waals surface area contributed by atoms with Gasteiger partial charge in [0.2, 0.25) is 0 Å². The molecule has 2 aromatic carbocycles. The zero-order chi connectivity index (χ0) is 16.4. The number of amides is 1. The molecule has 116 valence electrons. The monoisotopic (exact) mass is 325 g/mol. The summed E-state index contributed by atoms with van der Waals surface area (Å²) in [5.41, 5.74) is 3.48. The summed E-state index contributed by atoms with van der Waals surface area (Å²) in [6.45, 7) is 3.65. The Hall–Kier alpha value is -2.46. The van der Waals surface area contributed by atoms with Crippen LogP contribution in [0.2, 0.25) is 0 Å². The molecule has 1 N–H and O–H groups in total. The smallest absolute Gasteiger partial charge is 0.256 e. The van der Waals surface area contributed by atoms with Crippen LogP contribution in [-0.2, 0) is 0 Å². The van der Waals surface area contributed by atoms with Gasteiger partial charge < -0.3 is 5.32 Å². The number of carbonyl (C=O) groups is 1. The molecule has 0 atom stereocenters. The molecule has 0 aliphatic rings. The summed E-state index contributed by atoms with van der Waals surface area (Å²) in [5.74, 6) is -0.402. The van der Waals surface area contributed by atoms with Crippen LogP contribution in [-0.4, -0.2) is 5.91 Å². The Morgan fingerprint density at radius 3 is 2.57 bits per heavy atom. The molecule has 0 aliphatic carbocycles. The van der Waals surface area contributed by atoms with Crippen LogP contribution in [0.15, 0.2) is 53.9 Å². The topological polar surface area (TPSA) is 29.1 Å². The van der Waals surface area contributed by atoms with Gasteiger partial charge in [0.25, 0.3) is 5.91 Å². The third-order valence-electron chi connectivity index (χ3n) is 3.76. The lowest BCUT2D eigenvalue weighted by Crippen LogP contribution is -2.12. The van der Waals surface area contributed by atoms with Crippen molar-refractivity contribution in [2.24, 2.45) is 0 Å². The lowest BCUT2D eigenvalue weighted by atomic mass is 10.0. The molecule has 0 saturated heterocycles. The number of halogens is 1. The minimum Gasteiger partial charge on any atom is -0.321 e. The molecule has 23 heavy (non-hydrogen) atoms. The maximum absolute atomic E-state index is 13.8. The molecule has 0 unspecified atom stereocenters. The van der Waals surface area contributed by atoms with Crippen molar-refractivity contribution in [2.75, 3.05) is 5.32 Å². The third-order valence-corrected chi connectivity index (χ3v) is 4.61. The summed E-state index contributed by atoms with van der Waals surface area (Å²) in [6.07, 6.45) is 0. The van der Waals surface area contributed by atoms with Crippen LogP contribution in [0.5, 0.6) is 0 Å². The second kappa shape index (κ2) is 6.34. The minimum absolute atomic E-state index is 0.149. The van der Waals surface area contributed by atoms with Gasteiger partial charge in [-0.25, -0.2) is 4.39 Å². The number of rotatable bonds is 3. The predicted octanol–water partition coefficient (Wildman–Crippen LogP) is 5.42. The van der Waals surface area contributed by atoms with E-state index in [-0.39, 0.29) is 11.7 Å². The van der Waals surface area contributed by atoms with Crippen LogP contribution in [0.25, 0.3) is 11.1 Å². The number of para-hydroxylation sites is 1. The molecule has 0 saturated carbocycles.